The molecule has 1 heterocycles. The predicted molar refractivity (Wildman–Crippen MR) is 76.0 cm³/mol. The van der Waals surface area contributed by atoms with Gasteiger partial charge in [-0.3, -0.25) is 0 Å². The highest BCUT2D eigenvalue weighted by Crippen LogP contribution is 2.38. The topological polar surface area (TPSA) is 54.5 Å². The SMILES string of the molecule is CC(C)n1ncnc1CC1(C#N)Cc2ccccc2C1. The molecule has 0 amide bonds. The Balaban J connectivity index is 1.90. The van der Waals surface area contributed by atoms with E-state index in [-0.39, 0.29) is 11.5 Å². The monoisotopic (exact) mass is 266 g/mol. The molecule has 4 nitrogen and oxygen atoms in total. The Labute approximate surface area is 119 Å². The summed E-state index contributed by atoms with van der Waals surface area (Å²) >= 11 is 0. The summed E-state index contributed by atoms with van der Waals surface area (Å²) in [6.07, 6.45) is 3.87. The van der Waals surface area contributed by atoms with E-state index in [1.165, 1.54) is 11.1 Å². The first kappa shape index (κ1) is 12.9. The average molecular weight is 266 g/mol. The lowest BCUT2D eigenvalue weighted by molar-refractivity contribution is 0.384. The minimum atomic E-state index is -0.372. The molecule has 3 rings (SSSR count). The van der Waals surface area contributed by atoms with E-state index in [0.717, 1.165) is 18.7 Å². The Bertz CT molecular complexity index is 638. The van der Waals surface area contributed by atoms with Crippen LogP contribution < -0.4 is 0 Å². The van der Waals surface area contributed by atoms with Crippen molar-refractivity contribution >= 4 is 0 Å². The lowest BCUT2D eigenvalue weighted by Gasteiger charge is -2.20. The first-order chi connectivity index (χ1) is 9.63. The van der Waals surface area contributed by atoms with Crippen LogP contribution in [0.25, 0.3) is 0 Å². The van der Waals surface area contributed by atoms with Crippen LogP contribution in [0.1, 0.15) is 36.8 Å². The summed E-state index contributed by atoms with van der Waals surface area (Å²) in [5.41, 5.74) is 2.22. The quantitative estimate of drug-likeness (QED) is 0.858. The summed E-state index contributed by atoms with van der Waals surface area (Å²) in [5, 5.41) is 14.0. The molecule has 102 valence electrons. The number of hydrogen-bond acceptors (Lipinski definition) is 3. The van der Waals surface area contributed by atoms with Gasteiger partial charge in [0.1, 0.15) is 12.2 Å². The minimum absolute atomic E-state index is 0.270. The van der Waals surface area contributed by atoms with Gasteiger partial charge in [0.15, 0.2) is 0 Å². The van der Waals surface area contributed by atoms with Gasteiger partial charge < -0.3 is 0 Å². The second kappa shape index (κ2) is 4.75. The summed E-state index contributed by atoms with van der Waals surface area (Å²) in [6, 6.07) is 11.2. The maximum absolute atomic E-state index is 9.71. The zero-order valence-electron chi connectivity index (χ0n) is 11.9. The van der Waals surface area contributed by atoms with Crippen molar-refractivity contribution < 1.29 is 0 Å². The largest absolute Gasteiger partial charge is 0.248 e. The lowest BCUT2D eigenvalue weighted by atomic mass is 9.82. The third-order valence-corrected chi connectivity index (χ3v) is 4.05. The van der Waals surface area contributed by atoms with Crippen LogP contribution in [0.15, 0.2) is 30.6 Å². The number of rotatable bonds is 3. The van der Waals surface area contributed by atoms with Crippen molar-refractivity contribution in [2.75, 3.05) is 0 Å². The average Bonchev–Trinajstić information content (AvgIpc) is 3.03. The molecule has 2 aromatic rings. The summed E-state index contributed by atoms with van der Waals surface area (Å²) in [7, 11) is 0. The van der Waals surface area contributed by atoms with Crippen LogP contribution in [-0.2, 0) is 19.3 Å². The second-order valence-electron chi connectivity index (χ2n) is 5.91. The minimum Gasteiger partial charge on any atom is -0.248 e. The molecular formula is C16H18N4. The molecule has 1 aromatic carbocycles. The van der Waals surface area contributed by atoms with Gasteiger partial charge >= 0.3 is 0 Å². The van der Waals surface area contributed by atoms with E-state index in [4.69, 9.17) is 0 Å². The normalized spacial score (nSPS) is 16.1. The first-order valence-corrected chi connectivity index (χ1v) is 7.00. The third kappa shape index (κ3) is 2.09. The fourth-order valence-corrected chi connectivity index (χ4v) is 3.07. The number of nitriles is 1. The highest BCUT2D eigenvalue weighted by molar-refractivity contribution is 5.37. The summed E-state index contributed by atoms with van der Waals surface area (Å²) in [5.74, 6) is 0.911. The van der Waals surface area contributed by atoms with E-state index in [1.54, 1.807) is 6.33 Å². The number of fused-ring (bicyclic) bond motifs is 1. The summed E-state index contributed by atoms with van der Waals surface area (Å²) < 4.78 is 1.92. The van der Waals surface area contributed by atoms with E-state index in [1.807, 2.05) is 16.8 Å². The van der Waals surface area contributed by atoms with E-state index >= 15 is 0 Å². The lowest BCUT2D eigenvalue weighted by Crippen LogP contribution is -2.25. The van der Waals surface area contributed by atoms with E-state index in [9.17, 15) is 5.26 Å². The van der Waals surface area contributed by atoms with Gasteiger partial charge in [-0.1, -0.05) is 24.3 Å². The van der Waals surface area contributed by atoms with Gasteiger partial charge in [0.2, 0.25) is 0 Å². The molecule has 20 heavy (non-hydrogen) atoms. The van der Waals surface area contributed by atoms with Gasteiger partial charge in [0.05, 0.1) is 11.5 Å². The van der Waals surface area contributed by atoms with Gasteiger partial charge in [-0.15, -0.1) is 0 Å². The Morgan fingerprint density at radius 2 is 1.95 bits per heavy atom. The van der Waals surface area contributed by atoms with E-state index in [2.05, 4.69) is 42.1 Å². The highest BCUT2D eigenvalue weighted by Gasteiger charge is 2.38. The molecule has 0 saturated heterocycles. The van der Waals surface area contributed by atoms with Crippen LogP contribution in [0.5, 0.6) is 0 Å². The van der Waals surface area contributed by atoms with Crippen LogP contribution in [0, 0.1) is 16.7 Å². The molecule has 1 aromatic heterocycles. The van der Waals surface area contributed by atoms with Crippen molar-refractivity contribution in [1.82, 2.24) is 14.8 Å². The van der Waals surface area contributed by atoms with Crippen LogP contribution in [0.2, 0.25) is 0 Å². The maximum Gasteiger partial charge on any atom is 0.138 e. The van der Waals surface area contributed by atoms with E-state index in [0.29, 0.717) is 6.42 Å². The Hall–Kier alpha value is -2.15. The number of benzene rings is 1. The van der Waals surface area contributed by atoms with Crippen molar-refractivity contribution in [2.24, 2.45) is 5.41 Å². The predicted octanol–water partition coefficient (Wildman–Crippen LogP) is 2.71. The van der Waals surface area contributed by atoms with Crippen LogP contribution in [0.4, 0.5) is 0 Å². The smallest absolute Gasteiger partial charge is 0.138 e. The van der Waals surface area contributed by atoms with Crippen molar-refractivity contribution in [3.05, 3.63) is 47.5 Å². The van der Waals surface area contributed by atoms with Crippen molar-refractivity contribution in [3.8, 4) is 6.07 Å². The first-order valence-electron chi connectivity index (χ1n) is 7.00. The second-order valence-corrected chi connectivity index (χ2v) is 5.91. The maximum atomic E-state index is 9.71. The molecule has 0 aliphatic heterocycles. The van der Waals surface area contributed by atoms with Crippen molar-refractivity contribution in [1.29, 1.82) is 5.26 Å². The van der Waals surface area contributed by atoms with Crippen molar-refractivity contribution in [2.45, 2.75) is 39.2 Å². The fourth-order valence-electron chi connectivity index (χ4n) is 3.07. The molecule has 4 heteroatoms. The zero-order chi connectivity index (χ0) is 14.2. The van der Waals surface area contributed by atoms with Crippen LogP contribution >= 0.6 is 0 Å². The zero-order valence-corrected chi connectivity index (χ0v) is 11.9. The van der Waals surface area contributed by atoms with Gasteiger partial charge in [0.25, 0.3) is 0 Å². The summed E-state index contributed by atoms with van der Waals surface area (Å²) in [4.78, 5) is 4.36. The molecule has 0 unspecified atom stereocenters. The molecule has 1 aliphatic carbocycles. The van der Waals surface area contributed by atoms with Crippen LogP contribution in [0.3, 0.4) is 0 Å². The molecule has 0 atom stereocenters. The Morgan fingerprint density at radius 3 is 2.50 bits per heavy atom. The Kier molecular flexibility index (Phi) is 3.06. The van der Waals surface area contributed by atoms with Gasteiger partial charge in [-0.05, 0) is 37.8 Å². The Morgan fingerprint density at radius 1 is 1.30 bits per heavy atom. The number of nitrogens with zero attached hydrogens (tertiary/aromatic N) is 4. The molecular weight excluding hydrogens is 248 g/mol. The molecule has 0 spiro atoms. The molecule has 0 fully saturated rings. The fraction of sp³-hybridized carbons (Fsp3) is 0.438. The van der Waals surface area contributed by atoms with Crippen LogP contribution in [-0.4, -0.2) is 14.8 Å². The van der Waals surface area contributed by atoms with Gasteiger partial charge in [-0.2, -0.15) is 10.4 Å². The van der Waals surface area contributed by atoms with E-state index < -0.39 is 0 Å². The highest BCUT2D eigenvalue weighted by atomic mass is 15.3. The third-order valence-electron chi connectivity index (χ3n) is 4.05. The standard InChI is InChI=1S/C16H18N4/c1-12(2)20-15(18-11-19-20)9-16(10-17)7-13-5-3-4-6-14(13)8-16/h3-6,11-12H,7-9H2,1-2H3. The van der Waals surface area contributed by atoms with Gasteiger partial charge in [-0.25, -0.2) is 9.67 Å². The molecule has 0 bridgehead atoms. The summed E-state index contributed by atoms with van der Waals surface area (Å²) in [6.45, 7) is 4.17. The number of aromatic nitrogens is 3. The molecule has 0 saturated carbocycles. The van der Waals surface area contributed by atoms with Gasteiger partial charge in [0, 0.05) is 12.5 Å². The molecule has 0 N–H and O–H groups in total. The molecule has 0 radical (unpaired) electrons. The van der Waals surface area contributed by atoms with Crippen molar-refractivity contribution in [3.63, 3.8) is 0 Å². The number of hydrogen-bond donors (Lipinski definition) is 0. The molecule has 1 aliphatic rings.